The number of thioether (sulfide) groups is 1. The SMILES string of the molecule is CSCc1cc(F)ccc1CNC(=O)C1CC(F)(F)CN1. The van der Waals surface area contributed by atoms with Gasteiger partial charge in [-0.3, -0.25) is 10.1 Å². The summed E-state index contributed by atoms with van der Waals surface area (Å²) in [6.45, 7) is -0.266. The van der Waals surface area contributed by atoms with Gasteiger partial charge in [-0.1, -0.05) is 6.07 Å². The molecule has 0 bridgehead atoms. The molecule has 2 N–H and O–H groups in total. The first-order chi connectivity index (χ1) is 9.91. The van der Waals surface area contributed by atoms with E-state index in [9.17, 15) is 18.0 Å². The second kappa shape index (κ2) is 6.70. The predicted molar refractivity (Wildman–Crippen MR) is 76.8 cm³/mol. The van der Waals surface area contributed by atoms with Crippen molar-refractivity contribution >= 4 is 17.7 Å². The summed E-state index contributed by atoms with van der Waals surface area (Å²) in [6.07, 6.45) is 1.41. The molecule has 1 atom stereocenters. The number of hydrogen-bond donors (Lipinski definition) is 2. The molecule has 0 aliphatic carbocycles. The highest BCUT2D eigenvalue weighted by Crippen LogP contribution is 2.25. The Morgan fingerprint density at radius 3 is 2.86 bits per heavy atom. The van der Waals surface area contributed by atoms with Gasteiger partial charge in [0.25, 0.3) is 5.92 Å². The maximum atomic E-state index is 13.2. The first-order valence-electron chi connectivity index (χ1n) is 6.56. The highest BCUT2D eigenvalue weighted by Gasteiger charge is 2.42. The molecule has 1 aliphatic rings. The Bertz CT molecular complexity index is 525. The molecule has 1 amide bonds. The van der Waals surface area contributed by atoms with Crippen molar-refractivity contribution in [2.24, 2.45) is 0 Å². The fourth-order valence-corrected chi connectivity index (χ4v) is 2.84. The van der Waals surface area contributed by atoms with E-state index in [-0.39, 0.29) is 12.4 Å². The molecule has 3 nitrogen and oxygen atoms in total. The monoisotopic (exact) mass is 318 g/mol. The van der Waals surface area contributed by atoms with Gasteiger partial charge in [0.05, 0.1) is 12.6 Å². The van der Waals surface area contributed by atoms with Crippen LogP contribution in [-0.2, 0) is 17.1 Å². The lowest BCUT2D eigenvalue weighted by atomic mass is 10.1. The van der Waals surface area contributed by atoms with Crippen LogP contribution in [0.5, 0.6) is 0 Å². The van der Waals surface area contributed by atoms with E-state index in [1.165, 1.54) is 12.1 Å². The zero-order valence-electron chi connectivity index (χ0n) is 11.6. The number of benzene rings is 1. The minimum Gasteiger partial charge on any atom is -0.351 e. The van der Waals surface area contributed by atoms with Gasteiger partial charge in [0, 0.05) is 18.7 Å². The molecule has 0 radical (unpaired) electrons. The maximum absolute atomic E-state index is 13.2. The summed E-state index contributed by atoms with van der Waals surface area (Å²) in [5.41, 5.74) is 1.59. The number of alkyl halides is 2. The molecule has 1 aromatic rings. The molecule has 0 saturated carbocycles. The summed E-state index contributed by atoms with van der Waals surface area (Å²) in [5.74, 6) is -2.98. The summed E-state index contributed by atoms with van der Waals surface area (Å²) in [7, 11) is 0. The second-order valence-electron chi connectivity index (χ2n) is 5.06. The lowest BCUT2D eigenvalue weighted by Crippen LogP contribution is -2.40. The van der Waals surface area contributed by atoms with Crippen molar-refractivity contribution in [3.8, 4) is 0 Å². The van der Waals surface area contributed by atoms with Gasteiger partial charge in [-0.15, -0.1) is 0 Å². The number of rotatable bonds is 5. The molecule has 1 aliphatic heterocycles. The van der Waals surface area contributed by atoms with Crippen molar-refractivity contribution in [2.45, 2.75) is 30.7 Å². The third-order valence-electron chi connectivity index (χ3n) is 3.35. The third-order valence-corrected chi connectivity index (χ3v) is 3.95. The highest BCUT2D eigenvalue weighted by atomic mass is 32.2. The molecular weight excluding hydrogens is 301 g/mol. The van der Waals surface area contributed by atoms with Crippen LogP contribution in [0.2, 0.25) is 0 Å². The van der Waals surface area contributed by atoms with Gasteiger partial charge in [-0.05, 0) is 29.5 Å². The second-order valence-corrected chi connectivity index (χ2v) is 5.92. The normalized spacial score (nSPS) is 20.5. The zero-order valence-corrected chi connectivity index (χ0v) is 12.4. The zero-order chi connectivity index (χ0) is 15.5. The number of hydrogen-bond acceptors (Lipinski definition) is 3. The van der Waals surface area contributed by atoms with Gasteiger partial charge in [-0.2, -0.15) is 11.8 Å². The number of nitrogens with one attached hydrogen (secondary N) is 2. The number of carbonyl (C=O) groups is 1. The largest absolute Gasteiger partial charge is 0.351 e. The summed E-state index contributed by atoms with van der Waals surface area (Å²) in [6, 6.07) is 3.50. The molecule has 0 aromatic heterocycles. The summed E-state index contributed by atoms with van der Waals surface area (Å²) < 4.78 is 39.3. The fourth-order valence-electron chi connectivity index (χ4n) is 2.26. The predicted octanol–water partition coefficient (Wildman–Crippen LogP) is 2.30. The van der Waals surface area contributed by atoms with Crippen LogP contribution in [0.25, 0.3) is 0 Å². The van der Waals surface area contributed by atoms with Gasteiger partial charge in [-0.25, -0.2) is 13.2 Å². The van der Waals surface area contributed by atoms with Crippen LogP contribution in [0.3, 0.4) is 0 Å². The Kier molecular flexibility index (Phi) is 5.16. The smallest absolute Gasteiger partial charge is 0.262 e. The van der Waals surface area contributed by atoms with Gasteiger partial charge < -0.3 is 5.32 Å². The van der Waals surface area contributed by atoms with Crippen LogP contribution in [0.1, 0.15) is 17.5 Å². The average molecular weight is 318 g/mol. The van der Waals surface area contributed by atoms with Crippen molar-refractivity contribution in [3.63, 3.8) is 0 Å². The molecule has 116 valence electrons. The van der Waals surface area contributed by atoms with Gasteiger partial charge >= 0.3 is 0 Å². The number of amides is 1. The van der Waals surface area contributed by atoms with E-state index in [2.05, 4.69) is 10.6 Å². The summed E-state index contributed by atoms with van der Waals surface area (Å²) in [5, 5.41) is 5.14. The lowest BCUT2D eigenvalue weighted by Gasteiger charge is -2.13. The van der Waals surface area contributed by atoms with E-state index in [0.717, 1.165) is 11.1 Å². The first kappa shape index (κ1) is 16.2. The van der Waals surface area contributed by atoms with Crippen molar-refractivity contribution < 1.29 is 18.0 Å². The van der Waals surface area contributed by atoms with Crippen LogP contribution in [0.4, 0.5) is 13.2 Å². The van der Waals surface area contributed by atoms with Crippen LogP contribution in [0, 0.1) is 5.82 Å². The highest BCUT2D eigenvalue weighted by molar-refractivity contribution is 7.97. The molecule has 7 heteroatoms. The number of carbonyl (C=O) groups excluding carboxylic acids is 1. The molecule has 2 rings (SSSR count). The molecule has 21 heavy (non-hydrogen) atoms. The Morgan fingerprint density at radius 1 is 1.48 bits per heavy atom. The molecule has 0 spiro atoms. The topological polar surface area (TPSA) is 41.1 Å². The van der Waals surface area contributed by atoms with E-state index < -0.39 is 30.8 Å². The van der Waals surface area contributed by atoms with E-state index in [0.29, 0.717) is 5.75 Å². The molecule has 1 fully saturated rings. The summed E-state index contributed by atoms with van der Waals surface area (Å²) >= 11 is 1.55. The minimum absolute atomic E-state index is 0.207. The van der Waals surface area contributed by atoms with Crippen molar-refractivity contribution in [2.75, 3.05) is 12.8 Å². The summed E-state index contributed by atoms with van der Waals surface area (Å²) in [4.78, 5) is 11.9. The van der Waals surface area contributed by atoms with E-state index in [1.807, 2.05) is 6.26 Å². The maximum Gasteiger partial charge on any atom is 0.262 e. The van der Waals surface area contributed by atoms with Gasteiger partial charge in [0.2, 0.25) is 5.91 Å². The van der Waals surface area contributed by atoms with Crippen LogP contribution >= 0.6 is 11.8 Å². The van der Waals surface area contributed by atoms with Crippen molar-refractivity contribution in [1.29, 1.82) is 0 Å². The quantitative estimate of drug-likeness (QED) is 0.875. The van der Waals surface area contributed by atoms with Crippen molar-refractivity contribution in [3.05, 3.63) is 35.1 Å². The van der Waals surface area contributed by atoms with E-state index in [4.69, 9.17) is 0 Å². The Balaban J connectivity index is 1.95. The molecule has 1 heterocycles. The van der Waals surface area contributed by atoms with E-state index >= 15 is 0 Å². The average Bonchev–Trinajstić information content (AvgIpc) is 2.78. The Labute approximate surface area is 125 Å². The van der Waals surface area contributed by atoms with Crippen LogP contribution in [0.15, 0.2) is 18.2 Å². The fraction of sp³-hybridized carbons (Fsp3) is 0.500. The molecule has 1 saturated heterocycles. The van der Waals surface area contributed by atoms with E-state index in [1.54, 1.807) is 17.8 Å². The molecule has 1 aromatic carbocycles. The minimum atomic E-state index is -2.83. The standard InChI is InChI=1S/C14H17F3N2OS/c1-21-7-10-4-11(15)3-2-9(10)6-18-13(20)12-5-14(16,17)8-19-12/h2-4,12,19H,5-8H2,1H3,(H,18,20). The van der Waals surface area contributed by atoms with Crippen LogP contribution < -0.4 is 10.6 Å². The molecular formula is C14H17F3N2OS. The molecule has 1 unspecified atom stereocenters. The third kappa shape index (κ3) is 4.38. The van der Waals surface area contributed by atoms with Gasteiger partial charge in [0.1, 0.15) is 5.82 Å². The lowest BCUT2D eigenvalue weighted by molar-refractivity contribution is -0.123. The first-order valence-corrected chi connectivity index (χ1v) is 7.96. The Hall–Kier alpha value is -1.21. The Morgan fingerprint density at radius 2 is 2.24 bits per heavy atom. The van der Waals surface area contributed by atoms with Crippen molar-refractivity contribution in [1.82, 2.24) is 10.6 Å². The van der Waals surface area contributed by atoms with Gasteiger partial charge in [0.15, 0.2) is 0 Å². The van der Waals surface area contributed by atoms with Crippen LogP contribution in [-0.4, -0.2) is 30.7 Å². The number of halogens is 3.